The summed E-state index contributed by atoms with van der Waals surface area (Å²) in [6, 6.07) is 2.59. The van der Waals surface area contributed by atoms with Gasteiger partial charge in [-0.25, -0.2) is 5.21 Å². The van der Waals surface area contributed by atoms with Crippen LogP contribution < -0.4 is 31.8 Å². The van der Waals surface area contributed by atoms with E-state index in [-0.39, 0.29) is 67.9 Å². The maximum absolute atomic E-state index is 15.3. The van der Waals surface area contributed by atoms with Crippen molar-refractivity contribution in [3.8, 4) is 5.75 Å². The number of quaternary nitrogens is 1. The van der Waals surface area contributed by atoms with E-state index in [1.165, 1.54) is 43.0 Å². The zero-order valence-electron chi connectivity index (χ0n) is 45.0. The topological polar surface area (TPSA) is 272 Å². The number of phenols is 1. The fourth-order valence-electron chi connectivity index (χ4n) is 9.54. The van der Waals surface area contributed by atoms with Crippen LogP contribution in [-0.4, -0.2) is 135 Å². The molecule has 74 heavy (non-hydrogen) atoms. The molecule has 5 rings (SSSR count). The molecule has 0 bridgehead atoms. The minimum Gasteiger partial charge on any atom is -0.595 e. The predicted octanol–water partition coefficient (Wildman–Crippen LogP) is 2.89. The largest absolute Gasteiger partial charge is 0.595 e. The number of carbonyl (C=O) groups excluding carboxylic acids is 7. The first-order valence-corrected chi connectivity index (χ1v) is 25.7. The SMILES string of the molecule is C/C=C/C[C@H]1NC(=O)[C@H](CC(C)C)NC(=O)[C@H](CC(C)C)N(C)C(=O)[C@H](C)NC(=O)[C@H](Cc2ccc(O)c([NH+]([O-])O)c2)NC(=O)[C@H](CC(C)C)N(C)C(=O)[C@H](Cc2cn(C(C)(C)[C@@H]3CO3)c3ccccc23)NC1=O. The molecule has 0 saturated carbocycles. The molecule has 3 aromatic rings. The fraction of sp³-hybridized carbons (Fsp3) is 0.574. The van der Waals surface area contributed by atoms with Gasteiger partial charge in [0, 0.05) is 50.1 Å². The Balaban J connectivity index is 1.68. The lowest BCUT2D eigenvalue weighted by atomic mass is 9.98. The van der Waals surface area contributed by atoms with Gasteiger partial charge in [-0.1, -0.05) is 78.0 Å². The molecule has 20 heteroatoms. The summed E-state index contributed by atoms with van der Waals surface area (Å²) in [4.78, 5) is 105. The number of fused-ring (bicyclic) bond motifs is 1. The maximum Gasteiger partial charge on any atom is 0.245 e. The standard InChI is InChI=1S/C54H79N9O11/c1-13-14-18-37-47(65)59-40(27-35-28-62(54(9,10)46-29-74-46)41-19-16-15-17-36(35)41)53(71)61(12)44(24-32(6)7)51(69)58-39(25-34-20-21-45(64)42(26-34)63(72)73)48(66)55-33(8)52(70)60(11)43(23-31(4)5)50(68)57-38(22-30(2)3)49(67)56-37/h13-17,19-21,26,28,30-33,37-40,43-44,46,63-64,72H,18,22-25,27,29H2,1-12H3,(H,55,66)(H,56,67)(H,57,68)(H,58,69)(H,59,65)/b14-13+/t33-,37+,38-,39-,40-,43-,44-,46-/m0/s1. The zero-order chi connectivity index (χ0) is 54.9. The van der Waals surface area contributed by atoms with Crippen LogP contribution in [0.4, 0.5) is 5.69 Å². The average Bonchev–Trinajstić information content (AvgIpc) is 4.14. The molecule has 0 spiro atoms. The van der Waals surface area contributed by atoms with Crippen LogP contribution in [0.3, 0.4) is 0 Å². The number of phenolic OH excluding ortho intramolecular Hbond substituents is 1. The van der Waals surface area contributed by atoms with Gasteiger partial charge in [-0.3, -0.25) is 33.6 Å². The van der Waals surface area contributed by atoms with Crippen LogP contribution >= 0.6 is 0 Å². The van der Waals surface area contributed by atoms with Gasteiger partial charge < -0.3 is 56.0 Å². The molecule has 1 aromatic heterocycles. The first kappa shape index (κ1) is 58.5. The number of likely N-dealkylation sites (N-methyl/N-ethyl adjacent to an activating group) is 2. The van der Waals surface area contributed by atoms with E-state index in [0.717, 1.165) is 17.0 Å². The molecular formula is C54H79N9O11. The second kappa shape index (κ2) is 25.3. The first-order valence-electron chi connectivity index (χ1n) is 25.7. The van der Waals surface area contributed by atoms with Crippen LogP contribution in [0.5, 0.6) is 5.75 Å². The van der Waals surface area contributed by atoms with Crippen molar-refractivity contribution >= 4 is 57.9 Å². The van der Waals surface area contributed by atoms with Crippen LogP contribution in [0.1, 0.15) is 106 Å². The van der Waals surface area contributed by atoms with E-state index in [2.05, 4.69) is 45.0 Å². The van der Waals surface area contributed by atoms with Crippen LogP contribution in [0.2, 0.25) is 0 Å². The smallest absolute Gasteiger partial charge is 0.245 e. The second-order valence-corrected chi connectivity index (χ2v) is 21.7. The number of ether oxygens (including phenoxy) is 1. The molecule has 2 aliphatic rings. The van der Waals surface area contributed by atoms with Gasteiger partial charge >= 0.3 is 0 Å². The third kappa shape index (κ3) is 14.7. The average molecular weight is 1030 g/mol. The summed E-state index contributed by atoms with van der Waals surface area (Å²) >= 11 is 0. The van der Waals surface area contributed by atoms with Gasteiger partial charge in [-0.15, -0.1) is 0 Å². The molecule has 7 amide bonds. The number of carbonyl (C=O) groups is 7. The quantitative estimate of drug-likeness (QED) is 0.0475. The van der Waals surface area contributed by atoms with Crippen molar-refractivity contribution in [3.05, 3.63) is 77.1 Å². The lowest BCUT2D eigenvalue weighted by Crippen LogP contribution is -2.99. The Morgan fingerprint density at radius 3 is 1.82 bits per heavy atom. The van der Waals surface area contributed by atoms with Crippen LogP contribution in [0.25, 0.3) is 10.9 Å². The van der Waals surface area contributed by atoms with E-state index < -0.39 is 106 Å². The number of aromatic nitrogens is 1. The van der Waals surface area contributed by atoms with Gasteiger partial charge in [0.25, 0.3) is 0 Å². The van der Waals surface area contributed by atoms with E-state index in [4.69, 9.17) is 4.74 Å². The van der Waals surface area contributed by atoms with E-state index in [1.807, 2.05) is 72.0 Å². The molecule has 2 aliphatic heterocycles. The number of aromatic hydroxyl groups is 1. The number of nitrogens with one attached hydrogen (secondary N) is 6. The molecule has 2 fully saturated rings. The van der Waals surface area contributed by atoms with Gasteiger partial charge in [0.05, 0.1) is 12.1 Å². The number of rotatable bonds is 15. The van der Waals surface area contributed by atoms with E-state index in [9.17, 15) is 44.3 Å². The number of allylic oxidation sites excluding steroid dienone is 1. The van der Waals surface area contributed by atoms with E-state index in [1.54, 1.807) is 19.1 Å². The predicted molar refractivity (Wildman–Crippen MR) is 279 cm³/mol. The van der Waals surface area contributed by atoms with E-state index in [0.29, 0.717) is 12.2 Å². The minimum absolute atomic E-state index is 0.0168. The van der Waals surface area contributed by atoms with Gasteiger partial charge in [-0.05, 0) is 94.4 Å². The summed E-state index contributed by atoms with van der Waals surface area (Å²) in [7, 11) is 2.86. The van der Waals surface area contributed by atoms with Crippen molar-refractivity contribution in [1.29, 1.82) is 0 Å². The second-order valence-electron chi connectivity index (χ2n) is 21.7. The minimum atomic E-state index is -1.47. The molecule has 0 aliphatic carbocycles. The number of hydrogen-bond acceptors (Lipinski definition) is 11. The van der Waals surface area contributed by atoms with Crippen molar-refractivity contribution in [2.75, 3.05) is 20.7 Å². The summed E-state index contributed by atoms with van der Waals surface area (Å²) in [5.74, 6) is -5.86. The summed E-state index contributed by atoms with van der Waals surface area (Å²) in [6.45, 7) is 19.1. The number of benzene rings is 2. The van der Waals surface area contributed by atoms with Crippen LogP contribution in [0, 0.1) is 23.0 Å². The highest BCUT2D eigenvalue weighted by molar-refractivity contribution is 5.99. The highest BCUT2D eigenvalue weighted by Crippen LogP contribution is 2.36. The third-order valence-electron chi connectivity index (χ3n) is 13.9. The fourth-order valence-corrected chi connectivity index (χ4v) is 9.54. The molecule has 2 aromatic carbocycles. The lowest BCUT2D eigenvalue weighted by molar-refractivity contribution is -0.991. The Labute approximate surface area is 434 Å². The Morgan fingerprint density at radius 2 is 1.26 bits per heavy atom. The first-order chi connectivity index (χ1) is 34.7. The molecule has 20 nitrogen and oxygen atoms in total. The number of epoxide rings is 1. The molecule has 0 radical (unpaired) electrons. The molecule has 9 atom stereocenters. The van der Waals surface area contributed by atoms with Crippen molar-refractivity contribution in [1.82, 2.24) is 41.0 Å². The number of nitrogens with zero attached hydrogens (tertiary/aromatic N) is 3. The normalized spacial score (nSPS) is 25.0. The highest BCUT2D eigenvalue weighted by Gasteiger charge is 2.43. The monoisotopic (exact) mass is 1030 g/mol. The molecule has 8 N–H and O–H groups in total. The molecule has 3 heterocycles. The van der Waals surface area contributed by atoms with Crippen molar-refractivity contribution in [3.63, 3.8) is 0 Å². The maximum atomic E-state index is 15.3. The lowest BCUT2D eigenvalue weighted by Gasteiger charge is -2.33. The third-order valence-corrected chi connectivity index (χ3v) is 13.9. The molecule has 406 valence electrons. The zero-order valence-corrected chi connectivity index (χ0v) is 45.0. The molecule has 1 unspecified atom stereocenters. The summed E-state index contributed by atoms with van der Waals surface area (Å²) < 4.78 is 7.86. The molecular weight excluding hydrogens is 951 g/mol. The van der Waals surface area contributed by atoms with E-state index >= 15 is 4.79 Å². The Kier molecular flexibility index (Phi) is 20.0. The van der Waals surface area contributed by atoms with Gasteiger partial charge in [0.15, 0.2) is 5.75 Å². The highest BCUT2D eigenvalue weighted by atomic mass is 16.8. The summed E-state index contributed by atoms with van der Waals surface area (Å²) in [5.41, 5.74) is 0.889. The Hall–Kier alpha value is -6.35. The molecule has 2 saturated heterocycles. The Morgan fingerprint density at radius 1 is 0.730 bits per heavy atom. The summed E-state index contributed by atoms with van der Waals surface area (Å²) in [6.07, 6.45) is 5.40. The van der Waals surface area contributed by atoms with Gasteiger partial charge in [0.2, 0.25) is 47.0 Å². The van der Waals surface area contributed by atoms with Crippen LogP contribution in [0.15, 0.2) is 60.8 Å². The number of hydrogen-bond donors (Lipinski definition) is 8. The van der Waals surface area contributed by atoms with Crippen molar-refractivity contribution in [2.45, 2.75) is 162 Å². The van der Waals surface area contributed by atoms with Gasteiger partial charge in [0.1, 0.15) is 48.4 Å². The number of amides is 7. The Bertz CT molecular complexity index is 2530. The summed E-state index contributed by atoms with van der Waals surface area (Å²) in [5, 5.41) is 45.8. The van der Waals surface area contributed by atoms with Crippen LogP contribution in [-0.2, 0) is 56.7 Å². The van der Waals surface area contributed by atoms with Crippen molar-refractivity contribution < 1.29 is 53.8 Å². The number of para-hydroxylation sites is 1. The van der Waals surface area contributed by atoms with Crippen molar-refractivity contribution in [2.24, 2.45) is 17.8 Å². The van der Waals surface area contributed by atoms with Gasteiger partial charge in [-0.2, -0.15) is 5.23 Å².